The van der Waals surface area contributed by atoms with Crippen molar-refractivity contribution in [3.05, 3.63) is 28.0 Å². The van der Waals surface area contributed by atoms with Crippen molar-refractivity contribution in [2.75, 3.05) is 13.6 Å². The molecular formula is C17H23BrN4OS. The molecule has 0 spiro atoms. The summed E-state index contributed by atoms with van der Waals surface area (Å²) in [4.78, 5) is 11.0. The summed E-state index contributed by atoms with van der Waals surface area (Å²) in [6, 6.07) is 3.91. The Hall–Kier alpha value is -1.47. The predicted octanol–water partition coefficient (Wildman–Crippen LogP) is 5.31. The summed E-state index contributed by atoms with van der Waals surface area (Å²) in [7, 11) is 1.99. The van der Waals surface area contributed by atoms with Gasteiger partial charge in [-0.2, -0.15) is 9.36 Å². The standard InChI is InChI=1S/C17H23BrN4OS/c1-7-22(6)10-19-13-8-11(2)14(9-12(13)18)23-16-20-15(21-24-16)17(3,4)5/h8-10H,7H2,1-6H3/b19-10-. The van der Waals surface area contributed by atoms with E-state index in [0.29, 0.717) is 5.19 Å². The molecule has 2 aromatic rings. The highest BCUT2D eigenvalue weighted by molar-refractivity contribution is 9.10. The van der Waals surface area contributed by atoms with E-state index in [1.54, 1.807) is 0 Å². The van der Waals surface area contributed by atoms with Gasteiger partial charge in [0, 0.05) is 35.0 Å². The van der Waals surface area contributed by atoms with Gasteiger partial charge in [0.05, 0.1) is 12.0 Å². The fraction of sp³-hybridized carbons (Fsp3) is 0.471. The van der Waals surface area contributed by atoms with Gasteiger partial charge in [-0.3, -0.25) is 0 Å². The maximum Gasteiger partial charge on any atom is 0.298 e. The van der Waals surface area contributed by atoms with Gasteiger partial charge < -0.3 is 9.64 Å². The molecule has 0 saturated heterocycles. The summed E-state index contributed by atoms with van der Waals surface area (Å²) in [6.07, 6.45) is 1.82. The van der Waals surface area contributed by atoms with E-state index in [2.05, 4.69) is 58.0 Å². The SMILES string of the molecule is CCN(C)/C=N\c1cc(C)c(Oc2nc(C(C)(C)C)ns2)cc1Br. The molecule has 130 valence electrons. The molecule has 0 radical (unpaired) electrons. The second kappa shape index (κ2) is 7.61. The molecule has 5 nitrogen and oxygen atoms in total. The molecule has 0 fully saturated rings. The Kier molecular flexibility index (Phi) is 5.98. The average molecular weight is 411 g/mol. The Balaban J connectivity index is 2.22. The molecule has 0 N–H and O–H groups in total. The van der Waals surface area contributed by atoms with Crippen molar-refractivity contribution >= 4 is 39.5 Å². The predicted molar refractivity (Wildman–Crippen MR) is 104 cm³/mol. The van der Waals surface area contributed by atoms with Crippen LogP contribution in [0.2, 0.25) is 0 Å². The van der Waals surface area contributed by atoms with Crippen molar-refractivity contribution in [1.29, 1.82) is 0 Å². The summed E-state index contributed by atoms with van der Waals surface area (Å²) in [5.74, 6) is 1.55. The summed E-state index contributed by atoms with van der Waals surface area (Å²) in [5, 5.41) is 0.553. The number of hydrogen-bond acceptors (Lipinski definition) is 5. The van der Waals surface area contributed by atoms with Gasteiger partial charge in [-0.05, 0) is 47.5 Å². The molecule has 0 bridgehead atoms. The largest absolute Gasteiger partial charge is 0.430 e. The molecule has 0 amide bonds. The molecule has 0 aliphatic heterocycles. The lowest BCUT2D eigenvalue weighted by molar-refractivity contribution is 0.464. The number of aliphatic imine (C=N–C) groups is 1. The third-order valence-corrected chi connectivity index (χ3v) is 4.64. The van der Waals surface area contributed by atoms with Crippen molar-refractivity contribution < 1.29 is 4.74 Å². The molecule has 1 aromatic heterocycles. The van der Waals surface area contributed by atoms with E-state index < -0.39 is 0 Å². The monoisotopic (exact) mass is 410 g/mol. The van der Waals surface area contributed by atoms with Gasteiger partial charge in [-0.25, -0.2) is 4.99 Å². The first-order chi connectivity index (χ1) is 11.2. The van der Waals surface area contributed by atoms with Crippen LogP contribution in [0.15, 0.2) is 21.6 Å². The lowest BCUT2D eigenvalue weighted by Gasteiger charge is -2.12. The van der Waals surface area contributed by atoms with Gasteiger partial charge in [0.25, 0.3) is 5.19 Å². The molecule has 0 unspecified atom stereocenters. The van der Waals surface area contributed by atoms with Crippen molar-refractivity contribution in [1.82, 2.24) is 14.3 Å². The molecule has 1 aromatic carbocycles. The molecule has 24 heavy (non-hydrogen) atoms. The Morgan fingerprint density at radius 1 is 1.38 bits per heavy atom. The number of hydrogen-bond donors (Lipinski definition) is 0. The zero-order chi connectivity index (χ0) is 17.9. The van der Waals surface area contributed by atoms with E-state index in [1.807, 2.05) is 37.3 Å². The van der Waals surface area contributed by atoms with E-state index >= 15 is 0 Å². The fourth-order valence-corrected chi connectivity index (χ4v) is 2.91. The van der Waals surface area contributed by atoms with Crippen LogP contribution in [0, 0.1) is 6.92 Å². The van der Waals surface area contributed by atoms with E-state index in [9.17, 15) is 0 Å². The van der Waals surface area contributed by atoms with Crippen LogP contribution in [0.5, 0.6) is 10.9 Å². The van der Waals surface area contributed by atoms with Crippen molar-refractivity contribution in [3.63, 3.8) is 0 Å². The van der Waals surface area contributed by atoms with Crippen LogP contribution in [-0.4, -0.2) is 34.2 Å². The minimum Gasteiger partial charge on any atom is -0.430 e. The first kappa shape index (κ1) is 18.9. The molecule has 0 saturated carbocycles. The maximum atomic E-state index is 5.92. The van der Waals surface area contributed by atoms with Gasteiger partial charge in [0.2, 0.25) is 0 Å². The number of nitrogens with zero attached hydrogens (tertiary/aromatic N) is 4. The first-order valence-electron chi connectivity index (χ1n) is 7.77. The second-order valence-electron chi connectivity index (χ2n) is 6.62. The quantitative estimate of drug-likeness (QED) is 0.494. The number of aromatic nitrogens is 2. The number of ether oxygens (including phenoxy) is 1. The topological polar surface area (TPSA) is 50.6 Å². The van der Waals surface area contributed by atoms with Gasteiger partial charge in [-0.15, -0.1) is 0 Å². The third kappa shape index (κ3) is 4.77. The molecular weight excluding hydrogens is 388 g/mol. The van der Waals surface area contributed by atoms with Crippen LogP contribution in [0.1, 0.15) is 39.1 Å². The Morgan fingerprint density at radius 2 is 2.08 bits per heavy atom. The summed E-state index contributed by atoms with van der Waals surface area (Å²) in [5.41, 5.74) is 1.78. The maximum absolute atomic E-state index is 5.92. The summed E-state index contributed by atoms with van der Waals surface area (Å²) >= 11 is 4.83. The van der Waals surface area contributed by atoms with Gasteiger partial charge in [0.15, 0.2) is 5.82 Å². The van der Waals surface area contributed by atoms with E-state index in [0.717, 1.165) is 33.8 Å². The highest BCUT2D eigenvalue weighted by atomic mass is 79.9. The zero-order valence-electron chi connectivity index (χ0n) is 14.9. The van der Waals surface area contributed by atoms with Crippen LogP contribution in [0.25, 0.3) is 0 Å². The van der Waals surface area contributed by atoms with Crippen LogP contribution < -0.4 is 4.74 Å². The lowest BCUT2D eigenvalue weighted by Crippen LogP contribution is -2.14. The minimum atomic E-state index is -0.0857. The molecule has 0 aliphatic carbocycles. The van der Waals surface area contributed by atoms with Gasteiger partial charge in [-0.1, -0.05) is 20.8 Å². The summed E-state index contributed by atoms with van der Waals surface area (Å²) in [6.45, 7) is 11.2. The fourth-order valence-electron chi connectivity index (χ4n) is 1.75. The highest BCUT2D eigenvalue weighted by Crippen LogP contribution is 2.36. The van der Waals surface area contributed by atoms with Gasteiger partial charge in [0.1, 0.15) is 5.75 Å². The molecule has 2 rings (SSSR count). The number of halogens is 1. The highest BCUT2D eigenvalue weighted by Gasteiger charge is 2.20. The van der Waals surface area contributed by atoms with Crippen LogP contribution in [0.4, 0.5) is 5.69 Å². The Labute approximate surface area is 156 Å². The number of benzene rings is 1. The second-order valence-corrected chi connectivity index (χ2v) is 8.19. The Bertz CT molecular complexity index is 737. The zero-order valence-corrected chi connectivity index (χ0v) is 17.3. The smallest absolute Gasteiger partial charge is 0.298 e. The van der Waals surface area contributed by atoms with E-state index in [-0.39, 0.29) is 5.41 Å². The number of aryl methyl sites for hydroxylation is 1. The van der Waals surface area contributed by atoms with Crippen molar-refractivity contribution in [2.45, 2.75) is 40.0 Å². The number of rotatable bonds is 5. The van der Waals surface area contributed by atoms with Crippen molar-refractivity contribution in [3.8, 4) is 10.9 Å². The van der Waals surface area contributed by atoms with E-state index in [4.69, 9.17) is 4.74 Å². The molecule has 7 heteroatoms. The van der Waals surface area contributed by atoms with Gasteiger partial charge >= 0.3 is 0 Å². The molecule has 1 heterocycles. The molecule has 0 atom stereocenters. The van der Waals surface area contributed by atoms with Crippen LogP contribution in [-0.2, 0) is 5.41 Å². The van der Waals surface area contributed by atoms with Crippen LogP contribution in [0.3, 0.4) is 0 Å². The lowest BCUT2D eigenvalue weighted by atomic mass is 9.96. The molecule has 0 aliphatic rings. The average Bonchev–Trinajstić information content (AvgIpc) is 2.97. The normalized spacial score (nSPS) is 12.0. The first-order valence-corrected chi connectivity index (χ1v) is 9.34. The van der Waals surface area contributed by atoms with Crippen molar-refractivity contribution in [2.24, 2.45) is 4.99 Å². The Morgan fingerprint density at radius 3 is 2.67 bits per heavy atom. The third-order valence-electron chi connectivity index (χ3n) is 3.41. The minimum absolute atomic E-state index is 0.0857. The van der Waals surface area contributed by atoms with Crippen LogP contribution >= 0.6 is 27.5 Å². The van der Waals surface area contributed by atoms with E-state index in [1.165, 1.54) is 11.5 Å². The summed E-state index contributed by atoms with van der Waals surface area (Å²) < 4.78 is 11.2.